The largest absolute Gasteiger partial charge is 0.489 e. The van der Waals surface area contributed by atoms with Crippen molar-refractivity contribution in [1.82, 2.24) is 19.7 Å². The van der Waals surface area contributed by atoms with Crippen LogP contribution in [-0.4, -0.2) is 93.6 Å². The summed E-state index contributed by atoms with van der Waals surface area (Å²) in [5.41, 5.74) is 4.15. The zero-order valence-corrected chi connectivity index (χ0v) is 31.0. The normalized spacial score (nSPS) is 23.6. The number of rotatable bonds is 8. The van der Waals surface area contributed by atoms with Gasteiger partial charge in [0.05, 0.1) is 33.3 Å². The van der Waals surface area contributed by atoms with E-state index in [2.05, 4.69) is 4.98 Å². The van der Waals surface area contributed by atoms with Crippen LogP contribution in [0.4, 0.5) is 10.2 Å². The summed E-state index contributed by atoms with van der Waals surface area (Å²) in [6.45, 7) is 10.0. The third-order valence-corrected chi connectivity index (χ3v) is 11.6. The topological polar surface area (TPSA) is 170 Å². The molecule has 4 heterocycles. The molecule has 1 atom stereocenters. The smallest absolute Gasteiger partial charge is 0.265 e. The Hall–Kier alpha value is -5.39. The summed E-state index contributed by atoms with van der Waals surface area (Å²) in [5, 5.41) is 9.48. The third kappa shape index (κ3) is 5.95. The van der Waals surface area contributed by atoms with Gasteiger partial charge in [-0.15, -0.1) is 0 Å². The Bertz CT molecular complexity index is 2130. The van der Waals surface area contributed by atoms with Crippen molar-refractivity contribution in [2.24, 2.45) is 16.6 Å². The van der Waals surface area contributed by atoms with E-state index in [1.165, 1.54) is 23.2 Å². The maximum atomic E-state index is 16.2. The number of nitriles is 1. The second kappa shape index (κ2) is 13.5. The number of likely N-dealkylation sites (tertiary alicyclic amines) is 1. The predicted octanol–water partition coefficient (Wildman–Crippen LogP) is 4.16. The molecule has 3 aliphatic heterocycles. The number of imide groups is 2. The highest BCUT2D eigenvalue weighted by Gasteiger charge is 2.68. The van der Waals surface area contributed by atoms with Gasteiger partial charge < -0.3 is 15.4 Å². The number of primary amides is 1. The molecule has 4 aliphatic rings. The van der Waals surface area contributed by atoms with Crippen LogP contribution in [0.1, 0.15) is 82.7 Å². The number of amides is 5. The first kappa shape index (κ1) is 36.9. The zero-order valence-electron chi connectivity index (χ0n) is 30.3. The third-order valence-electron chi connectivity index (χ3n) is 11.3. The number of aromatic nitrogens is 1. The molecule has 2 N–H and O–H groups in total. The number of piperidine rings is 1. The maximum absolute atomic E-state index is 16.2. The minimum atomic E-state index is -1.29. The molecule has 1 aromatic heterocycles. The Morgan fingerprint density at radius 1 is 1.00 bits per heavy atom. The molecule has 280 valence electrons. The first-order chi connectivity index (χ1) is 25.6. The van der Waals surface area contributed by atoms with Gasteiger partial charge in [-0.25, -0.2) is 9.37 Å². The van der Waals surface area contributed by atoms with Crippen molar-refractivity contribution >= 4 is 47.0 Å². The molecule has 5 amide bonds. The number of benzene rings is 2. The van der Waals surface area contributed by atoms with E-state index in [1.807, 2.05) is 43.6 Å². The van der Waals surface area contributed by atoms with Gasteiger partial charge in [-0.05, 0) is 36.8 Å². The lowest BCUT2D eigenvalue weighted by molar-refractivity contribution is -0.216. The molecule has 0 spiro atoms. The van der Waals surface area contributed by atoms with Crippen molar-refractivity contribution in [3.8, 4) is 11.8 Å². The van der Waals surface area contributed by atoms with Crippen LogP contribution in [0.15, 0.2) is 48.7 Å². The number of nitrogens with two attached hydrogens (primary N) is 1. The number of nitrogens with zero attached hydrogens (tertiary/aromatic N) is 6. The highest BCUT2D eigenvalue weighted by Crippen LogP contribution is 2.58. The number of anilines is 1. The molecule has 2 saturated heterocycles. The number of carbonyl (C=O) groups is 5. The monoisotopic (exact) mass is 755 g/mol. The molecule has 15 heteroatoms. The molecule has 13 nitrogen and oxygen atoms in total. The molecule has 1 saturated carbocycles. The second-order valence-corrected chi connectivity index (χ2v) is 15.8. The number of ether oxygens (including phenoxy) is 1. The van der Waals surface area contributed by atoms with E-state index in [4.69, 9.17) is 22.1 Å². The van der Waals surface area contributed by atoms with E-state index in [-0.39, 0.29) is 41.1 Å². The molecule has 3 fully saturated rings. The molecule has 2 aromatic carbocycles. The summed E-state index contributed by atoms with van der Waals surface area (Å²) in [5.74, 6) is -3.04. The minimum Gasteiger partial charge on any atom is -0.489 e. The van der Waals surface area contributed by atoms with Crippen molar-refractivity contribution in [3.05, 3.63) is 87.3 Å². The summed E-state index contributed by atoms with van der Waals surface area (Å²) >= 11 is 6.24. The molecule has 54 heavy (non-hydrogen) atoms. The van der Waals surface area contributed by atoms with Crippen LogP contribution in [0.2, 0.25) is 5.02 Å². The predicted molar refractivity (Wildman–Crippen MR) is 194 cm³/mol. The molecule has 0 radical (unpaired) electrons. The van der Waals surface area contributed by atoms with E-state index in [1.54, 1.807) is 30.3 Å². The number of piperazine rings is 1. The summed E-state index contributed by atoms with van der Waals surface area (Å²) in [6.07, 6.45) is 0.781. The van der Waals surface area contributed by atoms with Gasteiger partial charge >= 0.3 is 0 Å². The van der Waals surface area contributed by atoms with Crippen LogP contribution in [0.25, 0.3) is 0 Å². The fourth-order valence-corrected chi connectivity index (χ4v) is 9.23. The molecule has 1 unspecified atom stereocenters. The number of pyridine rings is 1. The van der Waals surface area contributed by atoms with Crippen molar-refractivity contribution in [2.75, 3.05) is 31.1 Å². The number of hydrogen-bond acceptors (Lipinski definition) is 10. The molecular weight excluding hydrogens is 717 g/mol. The average Bonchev–Trinajstić information content (AvgIpc) is 3.39. The van der Waals surface area contributed by atoms with Gasteiger partial charge in [0.1, 0.15) is 35.6 Å². The maximum Gasteiger partial charge on any atom is 0.265 e. The van der Waals surface area contributed by atoms with Crippen molar-refractivity contribution in [3.63, 3.8) is 0 Å². The number of carbonyl (C=O) groups excluding carboxylic acids is 5. The van der Waals surface area contributed by atoms with Crippen LogP contribution < -0.4 is 15.4 Å². The Morgan fingerprint density at radius 3 is 2.31 bits per heavy atom. The van der Waals surface area contributed by atoms with Gasteiger partial charge in [0.15, 0.2) is 0 Å². The first-order valence-corrected chi connectivity index (χ1v) is 18.1. The number of hydrogen-bond donors (Lipinski definition) is 1. The summed E-state index contributed by atoms with van der Waals surface area (Å²) in [7, 11) is 0. The van der Waals surface area contributed by atoms with Crippen molar-refractivity contribution in [1.29, 1.82) is 5.26 Å². The summed E-state index contributed by atoms with van der Waals surface area (Å²) in [6, 6.07) is 11.1. The quantitative estimate of drug-likeness (QED) is 0.330. The SMILES string of the molecule is CC1(C)C(Oc2ccc(C#N)c(Cl)c2)C(C)(C)C1N1C(=O)CCC(N2C(=O)c3ccc(CN4CCN(c5ccc(C(N)=O)cn5)CC4)c(F)c3C2=O)C1=O. The van der Waals surface area contributed by atoms with Crippen LogP contribution in [0.3, 0.4) is 0 Å². The minimum absolute atomic E-state index is 0.0737. The number of halogens is 2. The Kier molecular flexibility index (Phi) is 9.22. The van der Waals surface area contributed by atoms with Gasteiger partial charge in [0, 0.05) is 67.8 Å². The molecule has 3 aromatic rings. The van der Waals surface area contributed by atoms with E-state index in [9.17, 15) is 29.2 Å². The zero-order chi connectivity index (χ0) is 38.9. The van der Waals surface area contributed by atoms with Gasteiger partial charge in [-0.1, -0.05) is 45.4 Å². The first-order valence-electron chi connectivity index (χ1n) is 17.7. The lowest BCUT2D eigenvalue weighted by Crippen LogP contribution is -2.77. The van der Waals surface area contributed by atoms with Crippen LogP contribution in [0, 0.1) is 28.0 Å². The second-order valence-electron chi connectivity index (χ2n) is 15.4. The highest BCUT2D eigenvalue weighted by molar-refractivity contribution is 6.31. The summed E-state index contributed by atoms with van der Waals surface area (Å²) in [4.78, 5) is 77.2. The molecule has 7 rings (SSSR count). The standard InChI is InChI=1S/C39H39ClFN7O6/c1-38(2)36(39(3,4)37(38)54-24-8-5-21(18-42)26(40)17-24)48-29(49)12-10-27(34(48)52)47-33(51)25-9-6-23(31(41)30(25)35(47)53)20-45-13-15-46(16-14-45)28-11-7-22(19-44-28)32(43)50/h5-9,11,17,19,27,36-37H,10,12-16,20H2,1-4H3,(H2,43,50). The van der Waals surface area contributed by atoms with Gasteiger partial charge in [0.25, 0.3) is 17.7 Å². The summed E-state index contributed by atoms with van der Waals surface area (Å²) < 4.78 is 22.5. The van der Waals surface area contributed by atoms with Crippen molar-refractivity contribution < 1.29 is 33.1 Å². The fraction of sp³-hybridized carbons (Fsp3) is 0.410. The van der Waals surface area contributed by atoms with Gasteiger partial charge in [-0.3, -0.25) is 38.7 Å². The Morgan fingerprint density at radius 2 is 1.70 bits per heavy atom. The molecular formula is C39H39ClFN7O6. The van der Waals surface area contributed by atoms with Crippen LogP contribution >= 0.6 is 11.6 Å². The van der Waals surface area contributed by atoms with E-state index < -0.39 is 64.4 Å². The highest BCUT2D eigenvalue weighted by atomic mass is 35.5. The Labute approximate surface area is 316 Å². The van der Waals surface area contributed by atoms with Gasteiger partial charge in [-0.2, -0.15) is 5.26 Å². The van der Waals surface area contributed by atoms with Gasteiger partial charge in [0.2, 0.25) is 11.8 Å². The van der Waals surface area contributed by atoms with E-state index >= 15 is 4.39 Å². The van der Waals surface area contributed by atoms with Crippen molar-refractivity contribution in [2.45, 2.75) is 65.3 Å². The lowest BCUT2D eigenvalue weighted by Gasteiger charge is -2.65. The Balaban J connectivity index is 1.05. The van der Waals surface area contributed by atoms with E-state index in [0.717, 1.165) is 4.90 Å². The van der Waals surface area contributed by atoms with Crippen LogP contribution in [-0.2, 0) is 16.1 Å². The fourth-order valence-electron chi connectivity index (χ4n) is 9.02. The molecule has 1 aliphatic carbocycles. The van der Waals surface area contributed by atoms with E-state index in [0.29, 0.717) is 48.9 Å². The number of fused-ring (bicyclic) bond motifs is 1. The molecule has 0 bridgehead atoms. The lowest BCUT2D eigenvalue weighted by atomic mass is 9.48. The average molecular weight is 756 g/mol. The van der Waals surface area contributed by atoms with Crippen LogP contribution in [0.5, 0.6) is 5.75 Å².